The van der Waals surface area contributed by atoms with Crippen LogP contribution in [0.1, 0.15) is 5.56 Å². The second kappa shape index (κ2) is 7.09. The molecule has 1 aromatic carbocycles. The van der Waals surface area contributed by atoms with Crippen molar-refractivity contribution < 1.29 is 19.4 Å². The van der Waals surface area contributed by atoms with Crippen molar-refractivity contribution in [2.75, 3.05) is 39.5 Å². The molecule has 22 heavy (non-hydrogen) atoms. The first kappa shape index (κ1) is 15.3. The molecule has 3 rings (SSSR count). The van der Waals surface area contributed by atoms with Crippen LogP contribution in [0.5, 0.6) is 5.75 Å². The lowest BCUT2D eigenvalue weighted by molar-refractivity contribution is -0.121. The van der Waals surface area contributed by atoms with Crippen molar-refractivity contribution in [3.05, 3.63) is 29.8 Å². The van der Waals surface area contributed by atoms with E-state index in [-0.39, 0.29) is 30.2 Å². The molecule has 0 spiro atoms. The maximum atomic E-state index is 12.2. The van der Waals surface area contributed by atoms with Gasteiger partial charge in [-0.3, -0.25) is 9.69 Å². The molecule has 0 bridgehead atoms. The number of rotatable bonds is 4. The topological polar surface area (TPSA) is 71.0 Å². The van der Waals surface area contributed by atoms with Gasteiger partial charge in [-0.25, -0.2) is 0 Å². The summed E-state index contributed by atoms with van der Waals surface area (Å²) in [6, 6.07) is 7.03. The summed E-state index contributed by atoms with van der Waals surface area (Å²) >= 11 is 0. The highest BCUT2D eigenvalue weighted by Crippen LogP contribution is 2.16. The highest BCUT2D eigenvalue weighted by molar-refractivity contribution is 5.79. The fraction of sp³-hybridized carbons (Fsp3) is 0.562. The van der Waals surface area contributed by atoms with Crippen molar-refractivity contribution in [3.8, 4) is 5.75 Å². The number of aromatic hydroxyl groups is 1. The second-order valence-corrected chi connectivity index (χ2v) is 5.77. The first-order chi connectivity index (χ1) is 10.7. The van der Waals surface area contributed by atoms with Gasteiger partial charge in [-0.1, -0.05) is 12.1 Å². The molecule has 2 fully saturated rings. The number of carbonyl (C=O) groups is 1. The molecule has 0 saturated carbocycles. The van der Waals surface area contributed by atoms with E-state index in [9.17, 15) is 9.90 Å². The van der Waals surface area contributed by atoms with Crippen molar-refractivity contribution >= 4 is 5.91 Å². The van der Waals surface area contributed by atoms with Crippen LogP contribution in [-0.2, 0) is 20.7 Å². The van der Waals surface area contributed by atoms with E-state index < -0.39 is 0 Å². The molecule has 2 aliphatic rings. The maximum absolute atomic E-state index is 12.2. The third-order valence-corrected chi connectivity index (χ3v) is 4.19. The number of amides is 1. The molecule has 0 radical (unpaired) electrons. The number of phenolic OH excluding ortho intramolecular Hbond substituents is 1. The average Bonchev–Trinajstić information content (AvgIpc) is 2.96. The Balaban J connectivity index is 1.55. The molecule has 0 aliphatic carbocycles. The number of nitrogens with zero attached hydrogens (tertiary/aromatic N) is 1. The molecule has 2 aliphatic heterocycles. The van der Waals surface area contributed by atoms with Crippen LogP contribution in [0.3, 0.4) is 0 Å². The van der Waals surface area contributed by atoms with Crippen molar-refractivity contribution in [2.45, 2.75) is 18.5 Å². The normalized spacial score (nSPS) is 26.0. The molecule has 2 saturated heterocycles. The molecular formula is C16H22N2O4. The lowest BCUT2D eigenvalue weighted by atomic mass is 10.1. The lowest BCUT2D eigenvalue weighted by Crippen LogP contribution is -2.54. The predicted molar refractivity (Wildman–Crippen MR) is 80.7 cm³/mol. The molecule has 1 aromatic rings. The van der Waals surface area contributed by atoms with Gasteiger partial charge in [-0.2, -0.15) is 0 Å². The van der Waals surface area contributed by atoms with E-state index in [0.29, 0.717) is 13.2 Å². The Hall–Kier alpha value is -1.63. The van der Waals surface area contributed by atoms with Gasteiger partial charge in [-0.05, 0) is 17.7 Å². The fourth-order valence-corrected chi connectivity index (χ4v) is 3.06. The van der Waals surface area contributed by atoms with Gasteiger partial charge in [0.05, 0.1) is 44.9 Å². The number of hydrogen-bond donors (Lipinski definition) is 2. The van der Waals surface area contributed by atoms with E-state index in [1.165, 1.54) is 0 Å². The number of ether oxygens (including phenoxy) is 2. The quantitative estimate of drug-likeness (QED) is 0.829. The molecule has 0 aromatic heterocycles. The highest BCUT2D eigenvalue weighted by Gasteiger charge is 2.34. The Morgan fingerprint density at radius 3 is 2.86 bits per heavy atom. The standard InChI is InChI=1S/C16H22N2O4/c19-13-3-1-2-12(8-13)9-16(20)17-14-10-22-11-15(14)18-4-6-21-7-5-18/h1-3,8,14-15,19H,4-7,9-11H2,(H,17,20)/t14-,15-/m0/s1. The highest BCUT2D eigenvalue weighted by atomic mass is 16.5. The van der Waals surface area contributed by atoms with Gasteiger partial charge in [0, 0.05) is 13.1 Å². The molecule has 1 amide bonds. The van der Waals surface area contributed by atoms with Crippen LogP contribution < -0.4 is 5.32 Å². The number of hydrogen-bond acceptors (Lipinski definition) is 5. The Bertz CT molecular complexity index is 517. The SMILES string of the molecule is O=C(Cc1cccc(O)c1)N[C@H]1COC[C@@H]1N1CCOCC1. The molecule has 2 N–H and O–H groups in total. The van der Waals surface area contributed by atoms with E-state index >= 15 is 0 Å². The van der Waals surface area contributed by atoms with Gasteiger partial charge in [0.2, 0.25) is 5.91 Å². The zero-order valence-corrected chi connectivity index (χ0v) is 12.5. The van der Waals surface area contributed by atoms with Crippen molar-refractivity contribution in [3.63, 3.8) is 0 Å². The van der Waals surface area contributed by atoms with Crippen LogP contribution in [0.2, 0.25) is 0 Å². The van der Waals surface area contributed by atoms with Gasteiger partial charge in [-0.15, -0.1) is 0 Å². The minimum absolute atomic E-state index is 0.0166. The third kappa shape index (κ3) is 3.76. The largest absolute Gasteiger partial charge is 0.508 e. The Kier molecular flexibility index (Phi) is 4.92. The zero-order valence-electron chi connectivity index (χ0n) is 12.5. The predicted octanol–water partition coefficient (Wildman–Crippen LogP) is 0.151. The summed E-state index contributed by atoms with van der Waals surface area (Å²) in [6.07, 6.45) is 0.265. The third-order valence-electron chi connectivity index (χ3n) is 4.19. The van der Waals surface area contributed by atoms with Gasteiger partial charge in [0.15, 0.2) is 0 Å². The second-order valence-electron chi connectivity index (χ2n) is 5.77. The number of nitrogens with one attached hydrogen (secondary N) is 1. The van der Waals surface area contributed by atoms with Crippen LogP contribution >= 0.6 is 0 Å². The zero-order chi connectivity index (χ0) is 15.4. The van der Waals surface area contributed by atoms with E-state index in [2.05, 4.69) is 10.2 Å². The van der Waals surface area contributed by atoms with Gasteiger partial charge in [0.25, 0.3) is 0 Å². The fourth-order valence-electron chi connectivity index (χ4n) is 3.06. The summed E-state index contributed by atoms with van der Waals surface area (Å²) in [4.78, 5) is 14.5. The molecule has 6 heteroatoms. The first-order valence-corrected chi connectivity index (χ1v) is 7.69. The van der Waals surface area contributed by atoms with E-state index in [4.69, 9.17) is 9.47 Å². The molecule has 6 nitrogen and oxygen atoms in total. The monoisotopic (exact) mass is 306 g/mol. The van der Waals surface area contributed by atoms with Crippen molar-refractivity contribution in [1.29, 1.82) is 0 Å². The van der Waals surface area contributed by atoms with Crippen LogP contribution in [-0.4, -0.2) is 67.5 Å². The first-order valence-electron chi connectivity index (χ1n) is 7.69. The van der Waals surface area contributed by atoms with Crippen LogP contribution in [0, 0.1) is 0 Å². The average molecular weight is 306 g/mol. The summed E-state index contributed by atoms with van der Waals surface area (Å²) in [5.74, 6) is 0.139. The molecule has 120 valence electrons. The Morgan fingerprint density at radius 1 is 1.27 bits per heavy atom. The Morgan fingerprint density at radius 2 is 2.09 bits per heavy atom. The number of phenols is 1. The maximum Gasteiger partial charge on any atom is 0.224 e. The summed E-state index contributed by atoms with van der Waals surface area (Å²) in [7, 11) is 0. The van der Waals surface area contributed by atoms with Crippen molar-refractivity contribution in [1.82, 2.24) is 10.2 Å². The Labute approximate surface area is 130 Å². The summed E-state index contributed by atoms with van der Waals surface area (Å²) in [5, 5.41) is 12.5. The van der Waals surface area contributed by atoms with Gasteiger partial charge >= 0.3 is 0 Å². The molecule has 0 unspecified atom stereocenters. The van der Waals surface area contributed by atoms with Crippen molar-refractivity contribution in [2.24, 2.45) is 0 Å². The summed E-state index contributed by atoms with van der Waals surface area (Å²) < 4.78 is 10.9. The number of morpholine rings is 1. The summed E-state index contributed by atoms with van der Waals surface area (Å²) in [5.41, 5.74) is 0.805. The number of carbonyl (C=O) groups excluding carboxylic acids is 1. The van der Waals surface area contributed by atoms with E-state index in [0.717, 1.165) is 31.9 Å². The van der Waals surface area contributed by atoms with Gasteiger partial charge in [0.1, 0.15) is 5.75 Å². The minimum atomic E-state index is -0.0423. The van der Waals surface area contributed by atoms with E-state index in [1.54, 1.807) is 18.2 Å². The van der Waals surface area contributed by atoms with Gasteiger partial charge < -0.3 is 19.9 Å². The van der Waals surface area contributed by atoms with Crippen LogP contribution in [0.4, 0.5) is 0 Å². The molecular weight excluding hydrogens is 284 g/mol. The van der Waals surface area contributed by atoms with Crippen LogP contribution in [0.25, 0.3) is 0 Å². The molecule has 2 heterocycles. The smallest absolute Gasteiger partial charge is 0.224 e. The van der Waals surface area contributed by atoms with E-state index in [1.807, 2.05) is 6.07 Å². The summed E-state index contributed by atoms with van der Waals surface area (Å²) in [6.45, 7) is 4.44. The number of benzene rings is 1. The van der Waals surface area contributed by atoms with Crippen LogP contribution in [0.15, 0.2) is 24.3 Å². The molecule has 2 atom stereocenters. The lowest BCUT2D eigenvalue weighted by Gasteiger charge is -2.34. The minimum Gasteiger partial charge on any atom is -0.508 e.